The first-order valence-corrected chi connectivity index (χ1v) is 4.20. The zero-order valence-electron chi connectivity index (χ0n) is 6.73. The third-order valence-electron chi connectivity index (χ3n) is 2.39. The first-order chi connectivity index (χ1) is 5.77. The molecule has 0 unspecified atom stereocenters. The second-order valence-electron chi connectivity index (χ2n) is 3.29. The van der Waals surface area contributed by atoms with Crippen molar-refractivity contribution in [3.63, 3.8) is 0 Å². The molecule has 1 aliphatic carbocycles. The van der Waals surface area contributed by atoms with Gasteiger partial charge in [0, 0.05) is 18.8 Å². The van der Waals surface area contributed by atoms with Crippen molar-refractivity contribution >= 4 is 5.78 Å². The van der Waals surface area contributed by atoms with Crippen LogP contribution in [-0.2, 0) is 14.3 Å². The van der Waals surface area contributed by atoms with Gasteiger partial charge in [0.1, 0.15) is 5.78 Å². The quantitative estimate of drug-likeness (QED) is 0.590. The first kappa shape index (κ1) is 8.16. The Morgan fingerprint density at radius 1 is 1.25 bits per heavy atom. The van der Waals surface area contributed by atoms with Crippen molar-refractivity contribution in [1.29, 1.82) is 0 Å². The lowest BCUT2D eigenvalue weighted by atomic mass is 10.1. The van der Waals surface area contributed by atoms with Gasteiger partial charge in [-0.15, -0.1) is 0 Å². The van der Waals surface area contributed by atoms with E-state index >= 15 is 0 Å². The standard InChI is InChI=1S/C8H12O4/c9-5-3-6(7(10)4-5)8-11-1-2-12-8/h6-8,10H,1-4H2/t6-,7+/m0/s1. The van der Waals surface area contributed by atoms with E-state index < -0.39 is 6.10 Å². The molecule has 4 nitrogen and oxygen atoms in total. The molecule has 0 bridgehead atoms. The molecule has 12 heavy (non-hydrogen) atoms. The summed E-state index contributed by atoms with van der Waals surface area (Å²) in [7, 11) is 0. The summed E-state index contributed by atoms with van der Waals surface area (Å²) in [6.07, 6.45) is -0.272. The number of hydrogen-bond donors (Lipinski definition) is 1. The number of hydrogen-bond acceptors (Lipinski definition) is 4. The molecule has 2 rings (SSSR count). The van der Waals surface area contributed by atoms with Gasteiger partial charge in [-0.25, -0.2) is 0 Å². The molecule has 1 aliphatic heterocycles. The van der Waals surface area contributed by atoms with Crippen molar-refractivity contribution in [2.24, 2.45) is 5.92 Å². The fourth-order valence-electron chi connectivity index (χ4n) is 1.77. The Hall–Kier alpha value is -0.450. The van der Waals surface area contributed by atoms with E-state index in [4.69, 9.17) is 9.47 Å². The Morgan fingerprint density at radius 2 is 1.92 bits per heavy atom. The second kappa shape index (κ2) is 3.12. The van der Waals surface area contributed by atoms with Crippen LogP contribution < -0.4 is 0 Å². The Balaban J connectivity index is 1.98. The maximum atomic E-state index is 10.9. The van der Waals surface area contributed by atoms with Crippen molar-refractivity contribution < 1.29 is 19.4 Å². The maximum Gasteiger partial charge on any atom is 0.163 e. The summed E-state index contributed by atoms with van der Waals surface area (Å²) in [5.74, 6) is -0.0356. The molecule has 0 amide bonds. The number of aliphatic hydroxyl groups excluding tert-OH is 1. The number of Topliss-reactive ketones (excluding diaryl/α,β-unsaturated/α-hetero) is 1. The van der Waals surface area contributed by atoms with Crippen LogP contribution in [0.2, 0.25) is 0 Å². The van der Waals surface area contributed by atoms with E-state index in [2.05, 4.69) is 0 Å². The van der Waals surface area contributed by atoms with E-state index in [1.807, 2.05) is 0 Å². The van der Waals surface area contributed by atoms with E-state index in [1.54, 1.807) is 0 Å². The average molecular weight is 172 g/mol. The highest BCUT2D eigenvalue weighted by molar-refractivity contribution is 5.81. The second-order valence-corrected chi connectivity index (χ2v) is 3.29. The number of rotatable bonds is 1. The van der Waals surface area contributed by atoms with Crippen molar-refractivity contribution in [2.75, 3.05) is 13.2 Å². The maximum absolute atomic E-state index is 10.9. The molecule has 0 spiro atoms. The number of ether oxygens (including phenoxy) is 2. The van der Waals surface area contributed by atoms with Crippen LogP contribution >= 0.6 is 0 Å². The summed E-state index contributed by atoms with van der Waals surface area (Å²) in [5.41, 5.74) is 0. The van der Waals surface area contributed by atoms with E-state index in [0.29, 0.717) is 19.6 Å². The number of carbonyl (C=O) groups excluding carboxylic acids is 1. The minimum absolute atomic E-state index is 0.103. The molecule has 0 radical (unpaired) electrons. The fourth-order valence-corrected chi connectivity index (χ4v) is 1.77. The van der Waals surface area contributed by atoms with Crippen LogP contribution in [-0.4, -0.2) is 36.5 Å². The molecule has 1 N–H and O–H groups in total. The summed E-state index contributed by atoms with van der Waals surface area (Å²) in [6.45, 7) is 1.14. The molecule has 2 aliphatic rings. The van der Waals surface area contributed by atoms with Gasteiger partial charge < -0.3 is 14.6 Å². The van der Waals surface area contributed by atoms with Crippen LogP contribution in [0.3, 0.4) is 0 Å². The van der Waals surface area contributed by atoms with Gasteiger partial charge >= 0.3 is 0 Å². The molecule has 0 aromatic carbocycles. The molecular formula is C8H12O4. The van der Waals surface area contributed by atoms with Crippen LogP contribution in [0.15, 0.2) is 0 Å². The highest BCUT2D eigenvalue weighted by Crippen LogP contribution is 2.29. The van der Waals surface area contributed by atoms with Crippen LogP contribution in [0.5, 0.6) is 0 Å². The zero-order chi connectivity index (χ0) is 8.55. The monoisotopic (exact) mass is 172 g/mol. The Labute approximate surface area is 70.5 Å². The smallest absolute Gasteiger partial charge is 0.163 e. The molecular weight excluding hydrogens is 160 g/mol. The van der Waals surface area contributed by atoms with Gasteiger partial charge in [0.25, 0.3) is 0 Å². The summed E-state index contributed by atoms with van der Waals surface area (Å²) in [4.78, 5) is 10.9. The average Bonchev–Trinajstić information content (AvgIpc) is 2.58. The minimum atomic E-state index is -0.569. The van der Waals surface area contributed by atoms with Crippen molar-refractivity contribution in [1.82, 2.24) is 0 Å². The van der Waals surface area contributed by atoms with Gasteiger partial charge in [-0.3, -0.25) is 4.79 Å². The number of aliphatic hydroxyl groups is 1. The molecule has 0 aromatic heterocycles. The Bertz CT molecular complexity index is 185. The molecule has 0 aromatic rings. The predicted octanol–water partition coefficient (Wildman–Crippen LogP) is -0.301. The SMILES string of the molecule is O=C1C[C@@H](O)[C@@H](C2OCCO2)C1. The highest BCUT2D eigenvalue weighted by Gasteiger charge is 2.39. The molecule has 68 valence electrons. The third-order valence-corrected chi connectivity index (χ3v) is 2.39. The normalized spacial score (nSPS) is 37.9. The fraction of sp³-hybridized carbons (Fsp3) is 0.875. The minimum Gasteiger partial charge on any atom is -0.392 e. The lowest BCUT2D eigenvalue weighted by Crippen LogP contribution is -2.27. The molecule has 1 saturated carbocycles. The van der Waals surface area contributed by atoms with Crippen LogP contribution in [0.4, 0.5) is 0 Å². The lowest BCUT2D eigenvalue weighted by Gasteiger charge is -2.18. The molecule has 1 saturated heterocycles. The van der Waals surface area contributed by atoms with Gasteiger partial charge in [-0.2, -0.15) is 0 Å². The van der Waals surface area contributed by atoms with E-state index in [-0.39, 0.29) is 24.4 Å². The topological polar surface area (TPSA) is 55.8 Å². The Morgan fingerprint density at radius 3 is 2.42 bits per heavy atom. The van der Waals surface area contributed by atoms with E-state index in [0.717, 1.165) is 0 Å². The molecule has 2 fully saturated rings. The van der Waals surface area contributed by atoms with Gasteiger partial charge in [0.05, 0.1) is 19.3 Å². The molecule has 1 heterocycles. The first-order valence-electron chi connectivity index (χ1n) is 4.20. The van der Waals surface area contributed by atoms with Gasteiger partial charge in [-0.1, -0.05) is 0 Å². The summed E-state index contributed by atoms with van der Waals surface area (Å²) in [6, 6.07) is 0. The molecule has 4 heteroatoms. The van der Waals surface area contributed by atoms with E-state index in [9.17, 15) is 9.90 Å². The summed E-state index contributed by atoms with van der Waals surface area (Å²) < 4.78 is 10.4. The van der Waals surface area contributed by atoms with Crippen LogP contribution in [0.25, 0.3) is 0 Å². The summed E-state index contributed by atoms with van der Waals surface area (Å²) >= 11 is 0. The van der Waals surface area contributed by atoms with E-state index in [1.165, 1.54) is 0 Å². The van der Waals surface area contributed by atoms with Crippen molar-refractivity contribution in [3.8, 4) is 0 Å². The van der Waals surface area contributed by atoms with Gasteiger partial charge in [0.15, 0.2) is 6.29 Å². The van der Waals surface area contributed by atoms with Crippen LogP contribution in [0, 0.1) is 5.92 Å². The lowest BCUT2D eigenvalue weighted by molar-refractivity contribution is -0.120. The number of ketones is 1. The van der Waals surface area contributed by atoms with Crippen molar-refractivity contribution in [2.45, 2.75) is 25.2 Å². The van der Waals surface area contributed by atoms with Gasteiger partial charge in [0.2, 0.25) is 0 Å². The largest absolute Gasteiger partial charge is 0.392 e. The number of carbonyl (C=O) groups is 1. The highest BCUT2D eigenvalue weighted by atomic mass is 16.7. The predicted molar refractivity (Wildman–Crippen MR) is 39.4 cm³/mol. The Kier molecular flexibility index (Phi) is 2.12. The summed E-state index contributed by atoms with van der Waals surface area (Å²) in [5, 5.41) is 9.44. The van der Waals surface area contributed by atoms with Gasteiger partial charge in [-0.05, 0) is 0 Å². The zero-order valence-corrected chi connectivity index (χ0v) is 6.73. The van der Waals surface area contributed by atoms with Crippen LogP contribution in [0.1, 0.15) is 12.8 Å². The third kappa shape index (κ3) is 1.37. The van der Waals surface area contributed by atoms with Crippen molar-refractivity contribution in [3.05, 3.63) is 0 Å². The molecule has 2 atom stereocenters.